The lowest BCUT2D eigenvalue weighted by molar-refractivity contribution is 0.254. The van der Waals surface area contributed by atoms with Crippen LogP contribution >= 0.6 is 0 Å². The second kappa shape index (κ2) is 4.56. The van der Waals surface area contributed by atoms with Gasteiger partial charge >= 0.3 is 0 Å². The molecule has 0 aromatic heterocycles. The highest BCUT2D eigenvalue weighted by Crippen LogP contribution is 2.31. The van der Waals surface area contributed by atoms with E-state index in [2.05, 4.69) is 19.2 Å². The van der Waals surface area contributed by atoms with E-state index in [0.717, 1.165) is 5.92 Å². The molecule has 0 radical (unpaired) electrons. The van der Waals surface area contributed by atoms with Gasteiger partial charge < -0.3 is 5.32 Å². The standard InChI is InChI=1S/C10H21NOS/c1-7-5-8(2)10(13(4)12)9(6-7)11-3/h7-11H,5-6H2,1-4H3. The highest BCUT2D eigenvalue weighted by atomic mass is 32.2. The van der Waals surface area contributed by atoms with Crippen molar-refractivity contribution in [2.45, 2.75) is 38.0 Å². The van der Waals surface area contributed by atoms with Crippen molar-refractivity contribution in [2.75, 3.05) is 13.3 Å². The molecule has 0 amide bonds. The van der Waals surface area contributed by atoms with Crippen molar-refractivity contribution in [3.8, 4) is 0 Å². The van der Waals surface area contributed by atoms with E-state index in [4.69, 9.17) is 0 Å². The van der Waals surface area contributed by atoms with E-state index < -0.39 is 10.8 Å². The molecule has 1 fully saturated rings. The summed E-state index contributed by atoms with van der Waals surface area (Å²) in [5.41, 5.74) is 0. The maximum atomic E-state index is 11.6. The van der Waals surface area contributed by atoms with Gasteiger partial charge in [0.25, 0.3) is 0 Å². The summed E-state index contributed by atoms with van der Waals surface area (Å²) in [6.45, 7) is 4.52. The predicted octanol–water partition coefficient (Wildman–Crippen LogP) is 1.39. The first kappa shape index (κ1) is 11.2. The molecule has 0 bridgehead atoms. The molecule has 1 aliphatic carbocycles. The number of rotatable bonds is 2. The fourth-order valence-electron chi connectivity index (χ4n) is 2.67. The van der Waals surface area contributed by atoms with Crippen LogP contribution in [0.4, 0.5) is 0 Å². The Morgan fingerprint density at radius 1 is 1.31 bits per heavy atom. The molecule has 1 N–H and O–H groups in total. The summed E-state index contributed by atoms with van der Waals surface area (Å²) >= 11 is 0. The largest absolute Gasteiger partial charge is 0.316 e. The Morgan fingerprint density at radius 2 is 1.92 bits per heavy atom. The van der Waals surface area contributed by atoms with Crippen LogP contribution < -0.4 is 5.32 Å². The molecule has 1 aliphatic rings. The molecule has 0 saturated heterocycles. The summed E-state index contributed by atoms with van der Waals surface area (Å²) in [7, 11) is 1.29. The van der Waals surface area contributed by atoms with Crippen molar-refractivity contribution >= 4 is 10.8 Å². The Hall–Kier alpha value is 0.110. The van der Waals surface area contributed by atoms with Crippen molar-refractivity contribution in [3.63, 3.8) is 0 Å². The van der Waals surface area contributed by atoms with Gasteiger partial charge in [0.15, 0.2) is 0 Å². The van der Waals surface area contributed by atoms with Crippen LogP contribution in [0, 0.1) is 11.8 Å². The molecule has 1 rings (SSSR count). The van der Waals surface area contributed by atoms with E-state index in [1.54, 1.807) is 0 Å². The Labute approximate surface area is 83.9 Å². The van der Waals surface area contributed by atoms with Gasteiger partial charge in [0.1, 0.15) is 0 Å². The molecule has 2 nitrogen and oxygen atoms in total. The van der Waals surface area contributed by atoms with E-state index in [0.29, 0.717) is 17.2 Å². The third-order valence-electron chi connectivity index (χ3n) is 3.14. The normalized spacial score (nSPS) is 43.1. The molecule has 0 aromatic rings. The quantitative estimate of drug-likeness (QED) is 0.735. The molecule has 1 saturated carbocycles. The van der Waals surface area contributed by atoms with E-state index in [1.165, 1.54) is 12.8 Å². The average molecular weight is 203 g/mol. The van der Waals surface area contributed by atoms with Crippen LogP contribution in [-0.2, 0) is 10.8 Å². The molecule has 0 heterocycles. The van der Waals surface area contributed by atoms with Crippen LogP contribution in [0.2, 0.25) is 0 Å². The molecule has 3 heteroatoms. The summed E-state index contributed by atoms with van der Waals surface area (Å²) in [6, 6.07) is 0.449. The molecule has 0 spiro atoms. The Kier molecular flexibility index (Phi) is 3.92. The molecule has 5 unspecified atom stereocenters. The van der Waals surface area contributed by atoms with Gasteiger partial charge in [-0.2, -0.15) is 0 Å². The third-order valence-corrected chi connectivity index (χ3v) is 4.70. The van der Waals surface area contributed by atoms with Gasteiger partial charge in [-0.15, -0.1) is 0 Å². The number of hydrogen-bond donors (Lipinski definition) is 1. The average Bonchev–Trinajstić information content (AvgIpc) is 2.01. The Balaban J connectivity index is 2.71. The SMILES string of the molecule is CNC1CC(C)CC(C)C1S(C)=O. The van der Waals surface area contributed by atoms with Crippen LogP contribution in [0.5, 0.6) is 0 Å². The van der Waals surface area contributed by atoms with E-state index >= 15 is 0 Å². The lowest BCUT2D eigenvalue weighted by Crippen LogP contribution is -2.48. The third kappa shape index (κ3) is 2.53. The van der Waals surface area contributed by atoms with E-state index in [1.807, 2.05) is 13.3 Å². The maximum Gasteiger partial charge on any atom is 0.0523 e. The lowest BCUT2D eigenvalue weighted by atomic mass is 9.80. The van der Waals surface area contributed by atoms with Crippen LogP contribution in [0.25, 0.3) is 0 Å². The molecule has 0 aromatic carbocycles. The molecular weight excluding hydrogens is 182 g/mol. The van der Waals surface area contributed by atoms with Crippen molar-refractivity contribution in [2.24, 2.45) is 11.8 Å². The van der Waals surface area contributed by atoms with Gasteiger partial charge in [-0.1, -0.05) is 13.8 Å². The highest BCUT2D eigenvalue weighted by Gasteiger charge is 2.35. The second-order valence-corrected chi connectivity index (χ2v) is 5.95. The van der Waals surface area contributed by atoms with Crippen molar-refractivity contribution in [1.82, 2.24) is 5.32 Å². The second-order valence-electron chi connectivity index (χ2n) is 4.41. The minimum Gasteiger partial charge on any atom is -0.316 e. The first-order valence-corrected chi connectivity index (χ1v) is 6.67. The smallest absolute Gasteiger partial charge is 0.0523 e. The van der Waals surface area contributed by atoms with Gasteiger partial charge in [0, 0.05) is 23.1 Å². The summed E-state index contributed by atoms with van der Waals surface area (Å²) < 4.78 is 11.6. The molecule has 5 atom stereocenters. The van der Waals surface area contributed by atoms with Crippen LogP contribution in [-0.4, -0.2) is 28.8 Å². The zero-order valence-corrected chi connectivity index (χ0v) is 9.86. The summed E-state index contributed by atoms with van der Waals surface area (Å²) in [5, 5.41) is 3.65. The first-order valence-electron chi connectivity index (χ1n) is 5.05. The van der Waals surface area contributed by atoms with Crippen molar-refractivity contribution in [1.29, 1.82) is 0 Å². The maximum absolute atomic E-state index is 11.6. The van der Waals surface area contributed by atoms with E-state index in [9.17, 15) is 4.21 Å². The number of nitrogens with one attached hydrogen (secondary N) is 1. The van der Waals surface area contributed by atoms with Gasteiger partial charge in [-0.3, -0.25) is 4.21 Å². The minimum atomic E-state index is -0.689. The highest BCUT2D eigenvalue weighted by molar-refractivity contribution is 7.85. The Morgan fingerprint density at radius 3 is 2.38 bits per heavy atom. The minimum absolute atomic E-state index is 0.348. The lowest BCUT2D eigenvalue weighted by Gasteiger charge is -2.38. The molecule has 0 aliphatic heterocycles. The number of hydrogen-bond acceptors (Lipinski definition) is 2. The molecule has 13 heavy (non-hydrogen) atoms. The summed E-state index contributed by atoms with van der Waals surface area (Å²) in [6.07, 6.45) is 4.23. The topological polar surface area (TPSA) is 29.1 Å². The molecule has 78 valence electrons. The zero-order valence-electron chi connectivity index (χ0n) is 9.04. The van der Waals surface area contributed by atoms with E-state index in [-0.39, 0.29) is 0 Å². The van der Waals surface area contributed by atoms with Gasteiger partial charge in [-0.25, -0.2) is 0 Å². The van der Waals surface area contributed by atoms with Crippen LogP contribution in [0.15, 0.2) is 0 Å². The fourth-order valence-corrected chi connectivity index (χ4v) is 4.15. The monoisotopic (exact) mass is 203 g/mol. The van der Waals surface area contributed by atoms with Crippen LogP contribution in [0.3, 0.4) is 0 Å². The predicted molar refractivity (Wildman–Crippen MR) is 58.3 cm³/mol. The Bertz CT molecular complexity index is 195. The summed E-state index contributed by atoms with van der Waals surface area (Å²) in [5.74, 6) is 1.36. The van der Waals surface area contributed by atoms with Gasteiger partial charge in [-0.05, 0) is 31.7 Å². The zero-order chi connectivity index (χ0) is 10.0. The fraction of sp³-hybridized carbons (Fsp3) is 1.00. The van der Waals surface area contributed by atoms with Gasteiger partial charge in [0.05, 0.1) is 5.25 Å². The first-order chi connectivity index (χ1) is 6.06. The molecular formula is C10H21NOS. The summed E-state index contributed by atoms with van der Waals surface area (Å²) in [4.78, 5) is 0. The van der Waals surface area contributed by atoms with Gasteiger partial charge in [0.2, 0.25) is 0 Å². The van der Waals surface area contributed by atoms with Crippen molar-refractivity contribution in [3.05, 3.63) is 0 Å². The van der Waals surface area contributed by atoms with Crippen molar-refractivity contribution < 1.29 is 4.21 Å². The van der Waals surface area contributed by atoms with Crippen LogP contribution in [0.1, 0.15) is 26.7 Å².